The molecule has 1 N–H and O–H groups in total. The van der Waals surface area contributed by atoms with E-state index in [9.17, 15) is 12.8 Å². The molecule has 0 aromatic heterocycles. The molecule has 5 nitrogen and oxygen atoms in total. The van der Waals surface area contributed by atoms with Crippen LogP contribution >= 0.6 is 0 Å². The molecule has 0 aliphatic carbocycles. The molecule has 0 fully saturated rings. The molecular weight excluding hydrogens is 317 g/mol. The Labute approximate surface area is 134 Å². The van der Waals surface area contributed by atoms with Crippen LogP contribution < -0.4 is 10.4 Å². The lowest BCUT2D eigenvalue weighted by Crippen LogP contribution is -2.40. The third kappa shape index (κ3) is 3.25. The number of benzene rings is 2. The van der Waals surface area contributed by atoms with Crippen LogP contribution in [0.15, 0.2) is 58.4 Å². The van der Waals surface area contributed by atoms with Gasteiger partial charge in [-0.05, 0) is 55.5 Å². The number of amidine groups is 1. The molecule has 3 rings (SSSR count). The number of hydrazine groups is 1. The zero-order valence-corrected chi connectivity index (χ0v) is 13.5. The zero-order chi connectivity index (χ0) is 16.6. The summed E-state index contributed by atoms with van der Waals surface area (Å²) in [6.07, 6.45) is 1.04. The highest BCUT2D eigenvalue weighted by Gasteiger charge is 2.24. The smallest absolute Gasteiger partial charge is 0.175 e. The number of hydrogen-bond acceptors (Lipinski definition) is 5. The van der Waals surface area contributed by atoms with Crippen molar-refractivity contribution in [1.29, 1.82) is 0 Å². The summed E-state index contributed by atoms with van der Waals surface area (Å²) in [6.45, 7) is 1.90. The Morgan fingerprint density at radius 2 is 1.70 bits per heavy atom. The number of anilines is 1. The fourth-order valence-electron chi connectivity index (χ4n) is 2.36. The topological polar surface area (TPSA) is 61.8 Å². The van der Waals surface area contributed by atoms with Crippen molar-refractivity contribution >= 4 is 21.4 Å². The summed E-state index contributed by atoms with van der Waals surface area (Å²) < 4.78 is 36.2. The van der Waals surface area contributed by atoms with Crippen LogP contribution in [-0.2, 0) is 9.84 Å². The van der Waals surface area contributed by atoms with Crippen LogP contribution in [0.4, 0.5) is 10.1 Å². The Balaban J connectivity index is 1.95. The molecule has 120 valence electrons. The summed E-state index contributed by atoms with van der Waals surface area (Å²) in [5.41, 5.74) is 4.71. The van der Waals surface area contributed by atoms with E-state index in [1.54, 1.807) is 41.4 Å². The van der Waals surface area contributed by atoms with E-state index in [1.807, 2.05) is 6.92 Å². The molecule has 0 bridgehead atoms. The van der Waals surface area contributed by atoms with Gasteiger partial charge in [-0.2, -0.15) is 0 Å². The van der Waals surface area contributed by atoms with Gasteiger partial charge >= 0.3 is 0 Å². The monoisotopic (exact) mass is 333 g/mol. The minimum Gasteiger partial charge on any atom is -0.257 e. The minimum atomic E-state index is -3.24. The quantitative estimate of drug-likeness (QED) is 0.937. The van der Waals surface area contributed by atoms with Gasteiger partial charge in [0, 0.05) is 11.8 Å². The maximum absolute atomic E-state index is 13.1. The maximum atomic E-state index is 13.1. The van der Waals surface area contributed by atoms with Crippen molar-refractivity contribution in [3.05, 3.63) is 59.9 Å². The van der Waals surface area contributed by atoms with Gasteiger partial charge in [0.05, 0.1) is 10.6 Å². The Kier molecular flexibility index (Phi) is 3.91. The van der Waals surface area contributed by atoms with Crippen molar-refractivity contribution in [2.24, 2.45) is 4.99 Å². The summed E-state index contributed by atoms with van der Waals surface area (Å²) in [5, 5.41) is 1.77. The third-order valence-corrected chi connectivity index (χ3v) is 4.60. The Morgan fingerprint density at radius 3 is 2.26 bits per heavy atom. The lowest BCUT2D eigenvalue weighted by atomic mass is 10.2. The van der Waals surface area contributed by atoms with Gasteiger partial charge in [0.1, 0.15) is 12.0 Å². The van der Waals surface area contributed by atoms with E-state index in [1.165, 1.54) is 18.4 Å². The zero-order valence-electron chi connectivity index (χ0n) is 12.7. The van der Waals surface area contributed by atoms with Crippen molar-refractivity contribution in [3.8, 4) is 0 Å². The van der Waals surface area contributed by atoms with Gasteiger partial charge in [0.2, 0.25) is 0 Å². The molecule has 1 unspecified atom stereocenters. The standard InChI is InChI=1S/C16H16FN3O2S/c1-11-18-16(12-3-5-13(17)6-4-12)20(19-11)14-7-9-15(10-8-14)23(2,21)22/h3-11,19H,1-2H3. The first-order chi connectivity index (χ1) is 10.8. The van der Waals surface area contributed by atoms with Crippen molar-refractivity contribution in [1.82, 2.24) is 5.43 Å². The Morgan fingerprint density at radius 1 is 1.09 bits per heavy atom. The van der Waals surface area contributed by atoms with Crippen LogP contribution in [0.25, 0.3) is 0 Å². The molecule has 0 radical (unpaired) electrons. The number of hydrogen-bond donors (Lipinski definition) is 1. The molecule has 1 atom stereocenters. The number of halogens is 1. The highest BCUT2D eigenvalue weighted by atomic mass is 32.2. The van der Waals surface area contributed by atoms with E-state index in [0.29, 0.717) is 5.84 Å². The molecule has 0 saturated heterocycles. The number of rotatable bonds is 3. The first-order valence-electron chi connectivity index (χ1n) is 7.05. The van der Waals surface area contributed by atoms with Crippen LogP contribution in [0.5, 0.6) is 0 Å². The van der Waals surface area contributed by atoms with Crippen molar-refractivity contribution < 1.29 is 12.8 Å². The van der Waals surface area contributed by atoms with Gasteiger partial charge in [-0.3, -0.25) is 5.01 Å². The minimum absolute atomic E-state index is 0.135. The van der Waals surface area contributed by atoms with Gasteiger partial charge in [-0.15, -0.1) is 0 Å². The summed E-state index contributed by atoms with van der Waals surface area (Å²) in [7, 11) is -3.24. The largest absolute Gasteiger partial charge is 0.257 e. The molecule has 1 aliphatic heterocycles. The fraction of sp³-hybridized carbons (Fsp3) is 0.188. The van der Waals surface area contributed by atoms with Crippen LogP contribution in [-0.4, -0.2) is 26.7 Å². The maximum Gasteiger partial charge on any atom is 0.175 e. The molecule has 1 heterocycles. The van der Waals surface area contributed by atoms with Gasteiger partial charge in [-0.1, -0.05) is 0 Å². The van der Waals surface area contributed by atoms with E-state index in [-0.39, 0.29) is 16.9 Å². The SMILES string of the molecule is CC1N=C(c2ccc(F)cc2)N(c2ccc(S(C)(=O)=O)cc2)N1. The average molecular weight is 333 g/mol. The molecule has 23 heavy (non-hydrogen) atoms. The Hall–Kier alpha value is -2.25. The summed E-state index contributed by atoms with van der Waals surface area (Å²) in [5.74, 6) is 0.349. The molecule has 2 aromatic carbocycles. The number of aliphatic imine (C=N–C) groups is 1. The normalized spacial score (nSPS) is 18.1. The summed E-state index contributed by atoms with van der Waals surface area (Å²) in [6, 6.07) is 12.6. The fourth-order valence-corrected chi connectivity index (χ4v) is 2.99. The number of sulfone groups is 1. The van der Waals surface area contributed by atoms with Crippen molar-refractivity contribution in [2.45, 2.75) is 18.0 Å². The molecule has 1 aliphatic rings. The summed E-state index contributed by atoms with van der Waals surface area (Å²) in [4.78, 5) is 4.77. The highest BCUT2D eigenvalue weighted by molar-refractivity contribution is 7.90. The van der Waals surface area contributed by atoms with Gasteiger partial charge < -0.3 is 0 Å². The second kappa shape index (κ2) is 5.75. The molecule has 0 saturated carbocycles. The number of nitrogens with one attached hydrogen (secondary N) is 1. The Bertz CT molecular complexity index is 846. The van der Waals surface area contributed by atoms with E-state index in [0.717, 1.165) is 11.3 Å². The average Bonchev–Trinajstić information content (AvgIpc) is 2.89. The first-order valence-corrected chi connectivity index (χ1v) is 8.94. The predicted octanol–water partition coefficient (Wildman–Crippen LogP) is 2.35. The molecule has 7 heteroatoms. The van der Waals surface area contributed by atoms with Gasteiger partial charge in [0.25, 0.3) is 0 Å². The lowest BCUT2D eigenvalue weighted by molar-refractivity contribution is 0.601. The van der Waals surface area contributed by atoms with E-state index >= 15 is 0 Å². The van der Waals surface area contributed by atoms with Crippen molar-refractivity contribution in [3.63, 3.8) is 0 Å². The molecule has 0 amide bonds. The third-order valence-electron chi connectivity index (χ3n) is 3.47. The van der Waals surface area contributed by atoms with Crippen molar-refractivity contribution in [2.75, 3.05) is 11.3 Å². The van der Waals surface area contributed by atoms with E-state index < -0.39 is 9.84 Å². The second-order valence-corrected chi connectivity index (χ2v) is 7.38. The highest BCUT2D eigenvalue weighted by Crippen LogP contribution is 2.22. The van der Waals surface area contributed by atoms with Gasteiger partial charge in [-0.25, -0.2) is 23.2 Å². The molecule has 2 aromatic rings. The predicted molar refractivity (Wildman–Crippen MR) is 87.6 cm³/mol. The number of nitrogens with zero attached hydrogens (tertiary/aromatic N) is 2. The molecule has 0 spiro atoms. The lowest BCUT2D eigenvalue weighted by Gasteiger charge is -2.21. The second-order valence-electron chi connectivity index (χ2n) is 5.37. The molecular formula is C16H16FN3O2S. The van der Waals surface area contributed by atoms with E-state index in [2.05, 4.69) is 10.4 Å². The van der Waals surface area contributed by atoms with Gasteiger partial charge in [0.15, 0.2) is 15.7 Å². The van der Waals surface area contributed by atoms with E-state index in [4.69, 9.17) is 0 Å². The summed E-state index contributed by atoms with van der Waals surface area (Å²) >= 11 is 0. The van der Waals surface area contributed by atoms with Crippen LogP contribution in [0, 0.1) is 5.82 Å². The van der Waals surface area contributed by atoms with Crippen LogP contribution in [0.1, 0.15) is 12.5 Å². The van der Waals surface area contributed by atoms with Crippen LogP contribution in [0.3, 0.4) is 0 Å². The van der Waals surface area contributed by atoms with Crippen LogP contribution in [0.2, 0.25) is 0 Å². The first kappa shape index (κ1) is 15.6.